The molecule has 1 saturated carbocycles. The van der Waals surface area contributed by atoms with E-state index in [9.17, 15) is 8.42 Å². The third kappa shape index (κ3) is 5.04. The zero-order chi connectivity index (χ0) is 13.6. The average Bonchev–Trinajstić information content (AvgIpc) is 2.69. The van der Waals surface area contributed by atoms with E-state index in [-0.39, 0.29) is 0 Å². The quantitative estimate of drug-likeness (QED) is 0.845. The molecule has 0 bridgehead atoms. The van der Waals surface area contributed by atoms with Gasteiger partial charge in [-0.25, -0.2) is 4.72 Å². The zero-order valence-electron chi connectivity index (χ0n) is 11.9. The lowest BCUT2D eigenvalue weighted by molar-refractivity contribution is 0.337. The van der Waals surface area contributed by atoms with Crippen LogP contribution in [0.5, 0.6) is 0 Å². The predicted octanol–water partition coefficient (Wildman–Crippen LogP) is 2.67. The van der Waals surface area contributed by atoms with E-state index < -0.39 is 10.2 Å². The molecule has 0 spiro atoms. The van der Waals surface area contributed by atoms with Crippen molar-refractivity contribution < 1.29 is 8.42 Å². The van der Waals surface area contributed by atoms with Gasteiger partial charge in [-0.15, -0.1) is 0 Å². The first-order valence-corrected chi connectivity index (χ1v) is 9.37. The van der Waals surface area contributed by atoms with Crippen LogP contribution in [0.2, 0.25) is 0 Å². The molecule has 0 aromatic heterocycles. The van der Waals surface area contributed by atoms with Crippen LogP contribution in [-0.2, 0) is 10.2 Å². The van der Waals surface area contributed by atoms with E-state index in [1.165, 1.54) is 32.1 Å². The van der Waals surface area contributed by atoms with Crippen LogP contribution < -0.4 is 4.72 Å². The summed E-state index contributed by atoms with van der Waals surface area (Å²) in [6, 6.07) is 0. The molecular weight excluding hydrogens is 260 g/mol. The Morgan fingerprint density at radius 3 is 2.11 bits per heavy atom. The van der Waals surface area contributed by atoms with Crippen LogP contribution in [0.1, 0.15) is 64.2 Å². The summed E-state index contributed by atoms with van der Waals surface area (Å²) >= 11 is 0. The fourth-order valence-corrected chi connectivity index (χ4v) is 4.54. The Balaban J connectivity index is 1.73. The minimum Gasteiger partial charge on any atom is -0.202 e. The molecule has 2 aliphatic rings. The SMILES string of the molecule is O=S(=O)(NCCC1CCCCC1)N1CCCCCC1. The normalized spacial score (nSPS) is 24.2. The van der Waals surface area contributed by atoms with Gasteiger partial charge in [0.2, 0.25) is 0 Å². The summed E-state index contributed by atoms with van der Waals surface area (Å²) in [6.07, 6.45) is 11.9. The number of hydrogen-bond acceptors (Lipinski definition) is 2. The number of hydrogen-bond donors (Lipinski definition) is 1. The molecular formula is C14H28N2O2S. The van der Waals surface area contributed by atoms with Crippen LogP contribution in [0.15, 0.2) is 0 Å². The van der Waals surface area contributed by atoms with E-state index in [4.69, 9.17) is 0 Å². The van der Waals surface area contributed by atoms with E-state index in [1.54, 1.807) is 4.31 Å². The van der Waals surface area contributed by atoms with Gasteiger partial charge < -0.3 is 0 Å². The summed E-state index contributed by atoms with van der Waals surface area (Å²) in [5, 5.41) is 0. The van der Waals surface area contributed by atoms with Crippen molar-refractivity contribution in [2.45, 2.75) is 64.2 Å². The molecule has 0 unspecified atom stereocenters. The molecule has 0 amide bonds. The number of nitrogens with one attached hydrogen (secondary N) is 1. The smallest absolute Gasteiger partial charge is 0.202 e. The molecule has 19 heavy (non-hydrogen) atoms. The molecule has 2 fully saturated rings. The molecule has 1 heterocycles. The van der Waals surface area contributed by atoms with Gasteiger partial charge in [-0.05, 0) is 25.2 Å². The maximum absolute atomic E-state index is 12.2. The van der Waals surface area contributed by atoms with Crippen molar-refractivity contribution in [3.63, 3.8) is 0 Å². The van der Waals surface area contributed by atoms with Gasteiger partial charge in [-0.3, -0.25) is 0 Å². The molecule has 0 aromatic rings. The molecule has 0 radical (unpaired) electrons. The fraction of sp³-hybridized carbons (Fsp3) is 1.00. The first kappa shape index (κ1) is 15.3. The summed E-state index contributed by atoms with van der Waals surface area (Å²) in [7, 11) is -3.22. The van der Waals surface area contributed by atoms with Crippen LogP contribution in [-0.4, -0.2) is 32.4 Å². The highest BCUT2D eigenvalue weighted by atomic mass is 32.2. The second kappa shape index (κ2) is 7.60. The Labute approximate surface area is 118 Å². The Kier molecular flexibility index (Phi) is 6.10. The van der Waals surface area contributed by atoms with Gasteiger partial charge in [0.15, 0.2) is 0 Å². The number of nitrogens with zero attached hydrogens (tertiary/aromatic N) is 1. The molecule has 0 aromatic carbocycles. The Morgan fingerprint density at radius 2 is 1.47 bits per heavy atom. The molecule has 5 heteroatoms. The summed E-state index contributed by atoms with van der Waals surface area (Å²) in [6.45, 7) is 2.00. The molecule has 1 aliphatic heterocycles. The van der Waals surface area contributed by atoms with E-state index in [1.807, 2.05) is 0 Å². The highest BCUT2D eigenvalue weighted by Crippen LogP contribution is 2.25. The fourth-order valence-electron chi connectivity index (χ4n) is 3.24. The van der Waals surface area contributed by atoms with Crippen LogP contribution in [0.3, 0.4) is 0 Å². The standard InChI is InChI=1S/C14H28N2O2S/c17-19(18,16-12-6-1-2-7-13-16)15-11-10-14-8-4-3-5-9-14/h14-15H,1-13H2. The molecule has 0 atom stereocenters. The molecule has 1 saturated heterocycles. The lowest BCUT2D eigenvalue weighted by Crippen LogP contribution is -2.41. The van der Waals surface area contributed by atoms with Crippen molar-refractivity contribution in [3.05, 3.63) is 0 Å². The van der Waals surface area contributed by atoms with Crippen LogP contribution in [0, 0.1) is 5.92 Å². The van der Waals surface area contributed by atoms with Crippen LogP contribution in [0.25, 0.3) is 0 Å². The zero-order valence-corrected chi connectivity index (χ0v) is 12.8. The maximum Gasteiger partial charge on any atom is 0.279 e. The van der Waals surface area contributed by atoms with Crippen molar-refractivity contribution in [1.29, 1.82) is 0 Å². The molecule has 1 N–H and O–H groups in total. The molecule has 2 rings (SSSR count). The Bertz CT molecular complexity index is 342. The molecule has 112 valence electrons. The van der Waals surface area contributed by atoms with Gasteiger partial charge in [0.1, 0.15) is 0 Å². The monoisotopic (exact) mass is 288 g/mol. The van der Waals surface area contributed by atoms with Crippen LogP contribution in [0.4, 0.5) is 0 Å². The Morgan fingerprint density at radius 1 is 0.895 bits per heavy atom. The molecule has 1 aliphatic carbocycles. The highest BCUT2D eigenvalue weighted by molar-refractivity contribution is 7.87. The lowest BCUT2D eigenvalue weighted by Gasteiger charge is -2.23. The first-order valence-electron chi connectivity index (χ1n) is 7.93. The third-order valence-electron chi connectivity index (χ3n) is 4.47. The van der Waals surface area contributed by atoms with Gasteiger partial charge in [0.25, 0.3) is 10.2 Å². The van der Waals surface area contributed by atoms with Gasteiger partial charge in [0, 0.05) is 19.6 Å². The minimum absolute atomic E-state index is 0.615. The summed E-state index contributed by atoms with van der Waals surface area (Å²) in [4.78, 5) is 0. The maximum atomic E-state index is 12.2. The van der Waals surface area contributed by atoms with Gasteiger partial charge in [0.05, 0.1) is 0 Å². The largest absolute Gasteiger partial charge is 0.279 e. The van der Waals surface area contributed by atoms with Gasteiger partial charge in [-0.2, -0.15) is 12.7 Å². The van der Waals surface area contributed by atoms with E-state index in [2.05, 4.69) is 4.72 Å². The Hall–Kier alpha value is -0.130. The second-order valence-electron chi connectivity index (χ2n) is 6.01. The summed E-state index contributed by atoms with van der Waals surface area (Å²) < 4.78 is 28.8. The lowest BCUT2D eigenvalue weighted by atomic mass is 9.87. The van der Waals surface area contributed by atoms with E-state index >= 15 is 0 Å². The average molecular weight is 288 g/mol. The van der Waals surface area contributed by atoms with Crippen molar-refractivity contribution in [3.8, 4) is 0 Å². The third-order valence-corrected chi connectivity index (χ3v) is 6.08. The van der Waals surface area contributed by atoms with E-state index in [0.29, 0.717) is 19.6 Å². The van der Waals surface area contributed by atoms with Crippen LogP contribution >= 0.6 is 0 Å². The van der Waals surface area contributed by atoms with Crippen molar-refractivity contribution >= 4 is 10.2 Å². The van der Waals surface area contributed by atoms with Gasteiger partial charge >= 0.3 is 0 Å². The van der Waals surface area contributed by atoms with Crippen molar-refractivity contribution in [1.82, 2.24) is 9.03 Å². The van der Waals surface area contributed by atoms with Crippen molar-refractivity contribution in [2.75, 3.05) is 19.6 Å². The first-order chi connectivity index (χ1) is 9.18. The summed E-state index contributed by atoms with van der Waals surface area (Å²) in [5.41, 5.74) is 0. The topological polar surface area (TPSA) is 49.4 Å². The minimum atomic E-state index is -3.22. The van der Waals surface area contributed by atoms with Gasteiger partial charge in [-0.1, -0.05) is 44.9 Å². The second-order valence-corrected chi connectivity index (χ2v) is 7.76. The summed E-state index contributed by atoms with van der Waals surface area (Å²) in [5.74, 6) is 0.737. The van der Waals surface area contributed by atoms with E-state index in [0.717, 1.165) is 38.0 Å². The highest BCUT2D eigenvalue weighted by Gasteiger charge is 2.22. The number of rotatable bonds is 5. The van der Waals surface area contributed by atoms with Crippen molar-refractivity contribution in [2.24, 2.45) is 5.92 Å². The molecule has 4 nitrogen and oxygen atoms in total. The predicted molar refractivity (Wildman–Crippen MR) is 78.2 cm³/mol.